The topological polar surface area (TPSA) is 100 Å². The number of thioether (sulfide) groups is 1. The molecule has 1 aromatic rings. The summed E-state index contributed by atoms with van der Waals surface area (Å²) >= 11 is 7.07. The highest BCUT2D eigenvalue weighted by Crippen LogP contribution is 2.24. The van der Waals surface area contributed by atoms with Crippen LogP contribution in [0, 0.1) is 5.92 Å². The number of hydrogen-bond acceptors (Lipinski definition) is 6. The first-order valence-electron chi connectivity index (χ1n) is 8.08. The molecular formula is C17H20ClN3O4S. The third kappa shape index (κ3) is 6.34. The summed E-state index contributed by atoms with van der Waals surface area (Å²) in [6, 6.07) is 5.22. The van der Waals surface area contributed by atoms with Crippen molar-refractivity contribution in [3.63, 3.8) is 0 Å². The van der Waals surface area contributed by atoms with Crippen molar-refractivity contribution in [1.82, 2.24) is 5.32 Å². The van der Waals surface area contributed by atoms with E-state index >= 15 is 0 Å². The van der Waals surface area contributed by atoms with Gasteiger partial charge in [0, 0.05) is 10.6 Å². The number of amides is 1. The van der Waals surface area contributed by atoms with Crippen molar-refractivity contribution in [3.8, 4) is 5.75 Å². The van der Waals surface area contributed by atoms with E-state index in [4.69, 9.17) is 21.4 Å². The van der Waals surface area contributed by atoms with Gasteiger partial charge in [0.05, 0.1) is 19.2 Å². The maximum atomic E-state index is 11.7. The average Bonchev–Trinajstić information content (AvgIpc) is 2.88. The molecule has 1 saturated heterocycles. The minimum atomic E-state index is -1.04. The molecule has 1 aliphatic heterocycles. The highest BCUT2D eigenvalue weighted by Gasteiger charge is 2.32. The number of carbonyl (C=O) groups is 2. The van der Waals surface area contributed by atoms with Crippen LogP contribution >= 0.6 is 23.4 Å². The van der Waals surface area contributed by atoms with Crippen LogP contribution in [0.5, 0.6) is 5.75 Å². The first-order chi connectivity index (χ1) is 12.3. The number of ether oxygens (including phenoxy) is 1. The van der Waals surface area contributed by atoms with Crippen LogP contribution in [0.1, 0.15) is 32.3 Å². The second-order valence-corrected chi connectivity index (χ2v) is 7.68. The molecule has 7 nitrogen and oxygen atoms in total. The lowest BCUT2D eigenvalue weighted by molar-refractivity contribution is -0.138. The normalized spacial score (nSPS) is 18.7. The number of carbonyl (C=O) groups excluding carboxylic acids is 1. The largest absolute Gasteiger partial charge is 0.493 e. The van der Waals surface area contributed by atoms with Gasteiger partial charge in [0.1, 0.15) is 11.0 Å². The number of rotatable bonds is 8. The summed E-state index contributed by atoms with van der Waals surface area (Å²) in [6.07, 6.45) is 2.15. The third-order valence-corrected chi connectivity index (χ3v) is 4.71. The minimum Gasteiger partial charge on any atom is -0.493 e. The first kappa shape index (κ1) is 20.3. The van der Waals surface area contributed by atoms with Gasteiger partial charge < -0.3 is 15.2 Å². The highest BCUT2D eigenvalue weighted by molar-refractivity contribution is 8.15. The number of amidine groups is 1. The number of halogens is 1. The minimum absolute atomic E-state index is 0.263. The number of nitrogens with one attached hydrogen (secondary N) is 1. The Kier molecular flexibility index (Phi) is 7.47. The lowest BCUT2D eigenvalue weighted by atomic mass is 10.1. The average molecular weight is 398 g/mol. The molecule has 2 N–H and O–H groups in total. The molecule has 0 bridgehead atoms. The molecule has 0 radical (unpaired) electrons. The molecule has 1 fully saturated rings. The predicted octanol–water partition coefficient (Wildman–Crippen LogP) is 3.16. The fourth-order valence-electron chi connectivity index (χ4n) is 2.04. The Balaban J connectivity index is 2.04. The number of benzene rings is 1. The van der Waals surface area contributed by atoms with Gasteiger partial charge in [-0.1, -0.05) is 37.2 Å². The summed E-state index contributed by atoms with van der Waals surface area (Å²) in [6.45, 7) is 4.82. The summed E-state index contributed by atoms with van der Waals surface area (Å²) in [4.78, 5) is 22.4. The van der Waals surface area contributed by atoms with E-state index in [9.17, 15) is 9.59 Å². The van der Waals surface area contributed by atoms with Gasteiger partial charge in [-0.05, 0) is 30.5 Å². The van der Waals surface area contributed by atoms with E-state index in [1.165, 1.54) is 6.21 Å². The fourth-order valence-corrected chi connectivity index (χ4v) is 3.14. The van der Waals surface area contributed by atoms with E-state index in [1.54, 1.807) is 18.2 Å². The van der Waals surface area contributed by atoms with Crippen LogP contribution in [0.15, 0.2) is 28.4 Å². The van der Waals surface area contributed by atoms with E-state index in [-0.39, 0.29) is 17.5 Å². The molecule has 0 spiro atoms. The lowest BCUT2D eigenvalue weighted by Crippen LogP contribution is -2.26. The highest BCUT2D eigenvalue weighted by atomic mass is 35.5. The maximum absolute atomic E-state index is 11.7. The second kappa shape index (κ2) is 9.59. The molecule has 9 heteroatoms. The van der Waals surface area contributed by atoms with Crippen molar-refractivity contribution < 1.29 is 19.4 Å². The number of nitrogens with zero attached hydrogens (tertiary/aromatic N) is 2. The molecule has 1 heterocycles. The Hall–Kier alpha value is -2.06. The van der Waals surface area contributed by atoms with E-state index < -0.39 is 11.2 Å². The fraction of sp³-hybridized carbons (Fsp3) is 0.412. The van der Waals surface area contributed by atoms with E-state index in [1.807, 2.05) is 0 Å². The van der Waals surface area contributed by atoms with Gasteiger partial charge in [0.25, 0.3) is 0 Å². The maximum Gasteiger partial charge on any atom is 0.305 e. The van der Waals surface area contributed by atoms with Crippen molar-refractivity contribution in [3.05, 3.63) is 28.8 Å². The molecule has 2 rings (SSSR count). The van der Waals surface area contributed by atoms with Gasteiger partial charge in [-0.15, -0.1) is 5.10 Å². The van der Waals surface area contributed by atoms with Crippen molar-refractivity contribution in [1.29, 1.82) is 0 Å². The Labute approximate surface area is 160 Å². The summed E-state index contributed by atoms with van der Waals surface area (Å²) in [5.74, 6) is -0.241. The Morgan fingerprint density at radius 3 is 2.96 bits per heavy atom. The molecule has 1 aromatic carbocycles. The number of aliphatic carboxylic acids is 1. The van der Waals surface area contributed by atoms with Crippen LogP contribution < -0.4 is 10.1 Å². The number of carboxylic acid groups (broad SMARTS) is 1. The van der Waals surface area contributed by atoms with Crippen molar-refractivity contribution in [2.24, 2.45) is 16.1 Å². The Morgan fingerprint density at radius 1 is 1.50 bits per heavy atom. The Bertz CT molecular complexity index is 737. The Morgan fingerprint density at radius 2 is 2.27 bits per heavy atom. The zero-order valence-electron chi connectivity index (χ0n) is 14.4. The van der Waals surface area contributed by atoms with Crippen LogP contribution in [0.2, 0.25) is 5.02 Å². The molecule has 1 atom stereocenters. The summed E-state index contributed by atoms with van der Waals surface area (Å²) in [5.41, 5.74) is 0.669. The zero-order valence-corrected chi connectivity index (χ0v) is 16.0. The summed E-state index contributed by atoms with van der Waals surface area (Å²) in [7, 11) is 0. The number of hydrogen-bond donors (Lipinski definition) is 2. The van der Waals surface area contributed by atoms with Crippen LogP contribution in [-0.2, 0) is 9.59 Å². The monoisotopic (exact) mass is 397 g/mol. The molecule has 0 saturated carbocycles. The van der Waals surface area contributed by atoms with E-state index in [0.717, 1.165) is 18.2 Å². The van der Waals surface area contributed by atoms with Gasteiger partial charge >= 0.3 is 5.97 Å². The standard InChI is InChI=1S/C17H20ClN3O4S/c1-10(2)5-6-25-13-4-3-12(18)7-11(13)9-19-21-17-20-16(24)14(26-17)8-15(22)23/h3-4,7,9-10,14H,5-6,8H2,1-2H3,(H,22,23)(H,20,21,24). The number of carboxylic acids is 1. The van der Waals surface area contributed by atoms with Crippen LogP contribution in [0.25, 0.3) is 0 Å². The van der Waals surface area contributed by atoms with E-state index in [2.05, 4.69) is 29.4 Å². The smallest absolute Gasteiger partial charge is 0.305 e. The molecule has 1 amide bonds. The van der Waals surface area contributed by atoms with Gasteiger partial charge in [-0.25, -0.2) is 0 Å². The molecule has 0 aliphatic carbocycles. The first-order valence-corrected chi connectivity index (χ1v) is 9.33. The zero-order chi connectivity index (χ0) is 19.1. The van der Waals surface area contributed by atoms with Crippen molar-refractivity contribution in [2.75, 3.05) is 6.61 Å². The SMILES string of the molecule is CC(C)CCOc1ccc(Cl)cc1C=NN=C1NC(=O)C(CC(=O)O)S1. The van der Waals surface area contributed by atoms with Gasteiger partial charge in [0.15, 0.2) is 5.17 Å². The van der Waals surface area contributed by atoms with Crippen LogP contribution in [0.3, 0.4) is 0 Å². The third-order valence-electron chi connectivity index (χ3n) is 3.41. The van der Waals surface area contributed by atoms with Crippen molar-refractivity contribution >= 4 is 46.6 Å². The predicted molar refractivity (Wildman–Crippen MR) is 103 cm³/mol. The molecule has 1 unspecified atom stereocenters. The molecule has 0 aromatic heterocycles. The summed E-state index contributed by atoms with van der Waals surface area (Å²) in [5, 5.41) is 19.3. The molecule has 26 heavy (non-hydrogen) atoms. The van der Waals surface area contributed by atoms with Gasteiger partial charge in [-0.3, -0.25) is 9.59 Å². The summed E-state index contributed by atoms with van der Waals surface area (Å²) < 4.78 is 5.76. The van der Waals surface area contributed by atoms with Gasteiger partial charge in [0.2, 0.25) is 5.91 Å². The molecule has 1 aliphatic rings. The van der Waals surface area contributed by atoms with Gasteiger partial charge in [-0.2, -0.15) is 5.10 Å². The molecular weight excluding hydrogens is 378 g/mol. The van der Waals surface area contributed by atoms with Crippen molar-refractivity contribution in [2.45, 2.75) is 31.9 Å². The molecule has 140 valence electrons. The van der Waals surface area contributed by atoms with Crippen LogP contribution in [0.4, 0.5) is 0 Å². The lowest BCUT2D eigenvalue weighted by Gasteiger charge is -2.10. The quantitative estimate of drug-likeness (QED) is 0.518. The van der Waals surface area contributed by atoms with E-state index in [0.29, 0.717) is 28.9 Å². The van der Waals surface area contributed by atoms with Crippen LogP contribution in [-0.4, -0.2) is 40.2 Å². The second-order valence-electron chi connectivity index (χ2n) is 6.06.